The fraction of sp³-hybridized carbons (Fsp3) is 0.400. The monoisotopic (exact) mass is 359 g/mol. The first-order chi connectivity index (χ1) is 12.6. The van der Waals surface area contributed by atoms with Gasteiger partial charge in [0.05, 0.1) is 21.3 Å². The highest BCUT2D eigenvalue weighted by Gasteiger charge is 2.26. The van der Waals surface area contributed by atoms with Gasteiger partial charge in [0.15, 0.2) is 23.0 Å². The predicted octanol–water partition coefficient (Wildman–Crippen LogP) is 2.34. The van der Waals surface area contributed by atoms with Gasteiger partial charge in [0.2, 0.25) is 0 Å². The summed E-state index contributed by atoms with van der Waals surface area (Å²) in [6.45, 7) is 0.597. The van der Waals surface area contributed by atoms with Crippen LogP contribution >= 0.6 is 0 Å². The Labute approximate surface area is 153 Å². The highest BCUT2D eigenvalue weighted by atomic mass is 16.5. The molecule has 3 rings (SSSR count). The number of benzene rings is 2. The Hall–Kier alpha value is -2.44. The number of hydrogen-bond acceptors (Lipinski definition) is 6. The third kappa shape index (κ3) is 3.30. The Morgan fingerprint density at radius 1 is 1.04 bits per heavy atom. The van der Waals surface area contributed by atoms with Crippen LogP contribution < -0.4 is 19.5 Å². The van der Waals surface area contributed by atoms with Crippen LogP contribution in [0.1, 0.15) is 28.3 Å². The minimum absolute atomic E-state index is 0.0525. The molecule has 0 bridgehead atoms. The van der Waals surface area contributed by atoms with Crippen molar-refractivity contribution in [1.29, 1.82) is 0 Å². The molecular formula is C20H25NO5. The molecule has 0 spiro atoms. The Morgan fingerprint density at radius 3 is 2.38 bits per heavy atom. The summed E-state index contributed by atoms with van der Waals surface area (Å²) in [7, 11) is 4.76. The minimum atomic E-state index is 0.0525. The van der Waals surface area contributed by atoms with Gasteiger partial charge in [-0.3, -0.25) is 0 Å². The van der Waals surface area contributed by atoms with Crippen LogP contribution in [0.3, 0.4) is 0 Å². The first kappa shape index (κ1) is 18.4. The van der Waals surface area contributed by atoms with E-state index >= 15 is 0 Å². The van der Waals surface area contributed by atoms with E-state index in [0.29, 0.717) is 30.2 Å². The molecule has 2 aromatic rings. The van der Waals surface area contributed by atoms with E-state index in [1.807, 2.05) is 18.2 Å². The molecule has 0 saturated carbocycles. The van der Waals surface area contributed by atoms with Crippen molar-refractivity contribution < 1.29 is 24.4 Å². The predicted molar refractivity (Wildman–Crippen MR) is 98.3 cm³/mol. The maximum Gasteiger partial charge on any atom is 0.162 e. The lowest BCUT2D eigenvalue weighted by atomic mass is 9.88. The molecule has 0 aromatic heterocycles. The molecule has 0 aliphatic carbocycles. The van der Waals surface area contributed by atoms with Crippen LogP contribution in [0.25, 0.3) is 0 Å². The van der Waals surface area contributed by atoms with Gasteiger partial charge in [-0.1, -0.05) is 6.07 Å². The van der Waals surface area contributed by atoms with E-state index in [1.54, 1.807) is 27.4 Å². The molecule has 6 heteroatoms. The first-order valence-electron chi connectivity index (χ1n) is 8.59. The Balaban J connectivity index is 1.98. The van der Waals surface area contributed by atoms with Crippen LogP contribution in [0.2, 0.25) is 0 Å². The summed E-state index contributed by atoms with van der Waals surface area (Å²) in [6.07, 6.45) is 1.26. The van der Waals surface area contributed by atoms with Crippen molar-refractivity contribution in [3.8, 4) is 23.0 Å². The molecule has 140 valence electrons. The lowest BCUT2D eigenvalue weighted by Gasteiger charge is -2.29. The van der Waals surface area contributed by atoms with E-state index in [4.69, 9.17) is 14.2 Å². The van der Waals surface area contributed by atoms with Gasteiger partial charge in [-0.25, -0.2) is 0 Å². The molecule has 6 nitrogen and oxygen atoms in total. The molecule has 3 N–H and O–H groups in total. The second-order valence-electron chi connectivity index (χ2n) is 6.27. The fourth-order valence-corrected chi connectivity index (χ4v) is 3.55. The summed E-state index contributed by atoms with van der Waals surface area (Å²) in [5.41, 5.74) is 4.03. The van der Waals surface area contributed by atoms with Gasteiger partial charge in [0.1, 0.15) is 0 Å². The topological polar surface area (TPSA) is 80.2 Å². The SMILES string of the molecule is COc1cc(CCO)c(C2Cc3ccc(OC)c(O)c3CN2)cc1OC. The first-order valence-corrected chi connectivity index (χ1v) is 8.59. The Bertz CT molecular complexity index is 790. The molecule has 26 heavy (non-hydrogen) atoms. The number of ether oxygens (including phenoxy) is 3. The molecule has 0 saturated heterocycles. The molecule has 0 fully saturated rings. The van der Waals surface area contributed by atoms with Crippen LogP contribution in [-0.4, -0.2) is 38.1 Å². The fourth-order valence-electron chi connectivity index (χ4n) is 3.55. The highest BCUT2D eigenvalue weighted by molar-refractivity contribution is 5.53. The number of phenolic OH excluding ortho intramolecular Hbond substituents is 1. The summed E-state index contributed by atoms with van der Waals surface area (Å²) in [5.74, 6) is 1.99. The van der Waals surface area contributed by atoms with E-state index in [-0.39, 0.29) is 18.4 Å². The van der Waals surface area contributed by atoms with Gasteiger partial charge in [-0.05, 0) is 47.7 Å². The summed E-state index contributed by atoms with van der Waals surface area (Å²) in [5, 5.41) is 23.3. The number of aliphatic hydroxyl groups excluding tert-OH is 1. The third-order valence-electron chi connectivity index (χ3n) is 4.91. The van der Waals surface area contributed by atoms with Gasteiger partial charge in [-0.2, -0.15) is 0 Å². The van der Waals surface area contributed by atoms with E-state index in [0.717, 1.165) is 28.7 Å². The number of nitrogens with one attached hydrogen (secondary N) is 1. The van der Waals surface area contributed by atoms with Crippen LogP contribution in [0.4, 0.5) is 0 Å². The largest absolute Gasteiger partial charge is 0.504 e. The molecular weight excluding hydrogens is 334 g/mol. The number of aliphatic hydroxyl groups is 1. The van der Waals surface area contributed by atoms with E-state index in [9.17, 15) is 10.2 Å². The second-order valence-corrected chi connectivity index (χ2v) is 6.27. The van der Waals surface area contributed by atoms with E-state index < -0.39 is 0 Å². The molecule has 0 amide bonds. The molecule has 1 atom stereocenters. The van der Waals surface area contributed by atoms with Crippen LogP contribution in [0.5, 0.6) is 23.0 Å². The maximum absolute atomic E-state index is 10.3. The van der Waals surface area contributed by atoms with Crippen molar-refractivity contribution in [2.24, 2.45) is 0 Å². The molecule has 2 aromatic carbocycles. The minimum Gasteiger partial charge on any atom is -0.504 e. The van der Waals surface area contributed by atoms with Gasteiger partial charge in [0, 0.05) is 24.8 Å². The number of fused-ring (bicyclic) bond motifs is 1. The quantitative estimate of drug-likeness (QED) is 0.735. The van der Waals surface area contributed by atoms with Crippen LogP contribution in [-0.2, 0) is 19.4 Å². The van der Waals surface area contributed by atoms with Crippen molar-refractivity contribution in [3.05, 3.63) is 46.5 Å². The summed E-state index contributed by atoms with van der Waals surface area (Å²) in [4.78, 5) is 0. The summed E-state index contributed by atoms with van der Waals surface area (Å²) < 4.78 is 16.0. The number of rotatable bonds is 6. The third-order valence-corrected chi connectivity index (χ3v) is 4.91. The van der Waals surface area contributed by atoms with Crippen LogP contribution in [0, 0.1) is 0 Å². The van der Waals surface area contributed by atoms with E-state index in [1.165, 1.54) is 0 Å². The Morgan fingerprint density at radius 2 is 1.73 bits per heavy atom. The number of methoxy groups -OCH3 is 3. The number of hydrogen-bond donors (Lipinski definition) is 3. The molecule has 1 aliphatic heterocycles. The maximum atomic E-state index is 10.3. The van der Waals surface area contributed by atoms with Crippen molar-refractivity contribution >= 4 is 0 Å². The van der Waals surface area contributed by atoms with Crippen molar-refractivity contribution in [2.75, 3.05) is 27.9 Å². The lowest BCUT2D eigenvalue weighted by molar-refractivity contribution is 0.298. The molecule has 0 radical (unpaired) electrons. The number of aromatic hydroxyl groups is 1. The van der Waals surface area contributed by atoms with Gasteiger partial charge in [0.25, 0.3) is 0 Å². The van der Waals surface area contributed by atoms with Crippen molar-refractivity contribution in [3.63, 3.8) is 0 Å². The molecule has 1 unspecified atom stereocenters. The Kier molecular flexibility index (Phi) is 5.54. The van der Waals surface area contributed by atoms with Gasteiger partial charge >= 0.3 is 0 Å². The van der Waals surface area contributed by atoms with Crippen LogP contribution in [0.15, 0.2) is 24.3 Å². The van der Waals surface area contributed by atoms with Gasteiger partial charge in [-0.15, -0.1) is 0 Å². The van der Waals surface area contributed by atoms with Crippen molar-refractivity contribution in [1.82, 2.24) is 5.32 Å². The zero-order valence-corrected chi connectivity index (χ0v) is 15.3. The second kappa shape index (κ2) is 7.85. The zero-order chi connectivity index (χ0) is 18.7. The highest BCUT2D eigenvalue weighted by Crippen LogP contribution is 2.40. The normalized spacial score (nSPS) is 16.1. The van der Waals surface area contributed by atoms with E-state index in [2.05, 4.69) is 5.32 Å². The lowest BCUT2D eigenvalue weighted by Crippen LogP contribution is -2.29. The number of phenols is 1. The summed E-state index contributed by atoms with van der Waals surface area (Å²) >= 11 is 0. The average Bonchev–Trinajstić information content (AvgIpc) is 2.68. The van der Waals surface area contributed by atoms with Crippen molar-refractivity contribution in [2.45, 2.75) is 25.4 Å². The van der Waals surface area contributed by atoms with Gasteiger partial charge < -0.3 is 29.7 Å². The zero-order valence-electron chi connectivity index (χ0n) is 15.3. The standard InChI is InChI=1S/C20H25NO5/c1-24-17-5-4-12-8-16(21-11-15(12)20(17)23)14-10-19(26-3)18(25-2)9-13(14)6-7-22/h4-5,9-10,16,21-23H,6-8,11H2,1-3H3. The average molecular weight is 359 g/mol. The molecule has 1 heterocycles. The smallest absolute Gasteiger partial charge is 0.162 e. The molecule has 1 aliphatic rings. The summed E-state index contributed by atoms with van der Waals surface area (Å²) in [6, 6.07) is 7.73.